The summed E-state index contributed by atoms with van der Waals surface area (Å²) in [6, 6.07) is 5.74. The minimum atomic E-state index is -0.930. The fourth-order valence-corrected chi connectivity index (χ4v) is 3.04. The Morgan fingerprint density at radius 3 is 3.00 bits per heavy atom. The lowest BCUT2D eigenvalue weighted by atomic mass is 10.0. The predicted molar refractivity (Wildman–Crippen MR) is 76.4 cm³/mol. The summed E-state index contributed by atoms with van der Waals surface area (Å²) in [7, 11) is 0. The first kappa shape index (κ1) is 13.4. The van der Waals surface area contributed by atoms with E-state index < -0.39 is 5.60 Å². The van der Waals surface area contributed by atoms with Crippen LogP contribution in [0.5, 0.6) is 0 Å². The average Bonchev–Trinajstić information content (AvgIpc) is 3.16. The molecular formula is C14H16N2O3S. The first-order chi connectivity index (χ1) is 9.68. The van der Waals surface area contributed by atoms with Crippen molar-refractivity contribution in [3.8, 4) is 5.69 Å². The number of nitrogens with one attached hydrogen (secondary N) is 1. The molecule has 6 heteroatoms. The summed E-state index contributed by atoms with van der Waals surface area (Å²) in [4.78, 5) is 12.9. The Morgan fingerprint density at radius 2 is 2.30 bits per heavy atom. The topological polar surface area (TPSA) is 63.5 Å². The Kier molecular flexibility index (Phi) is 3.60. The van der Waals surface area contributed by atoms with Crippen molar-refractivity contribution in [2.45, 2.75) is 12.0 Å². The number of rotatable bonds is 4. The monoisotopic (exact) mass is 292 g/mol. The van der Waals surface area contributed by atoms with E-state index >= 15 is 0 Å². The van der Waals surface area contributed by atoms with Gasteiger partial charge in [0.15, 0.2) is 0 Å². The first-order valence-electron chi connectivity index (χ1n) is 6.47. The van der Waals surface area contributed by atoms with E-state index in [2.05, 4.69) is 5.32 Å². The number of thiophene rings is 1. The van der Waals surface area contributed by atoms with Crippen LogP contribution in [0.1, 0.15) is 16.1 Å². The predicted octanol–water partition coefficient (Wildman–Crippen LogP) is 1.42. The van der Waals surface area contributed by atoms with E-state index in [1.54, 1.807) is 0 Å². The number of ether oxygens (including phenoxy) is 1. The molecule has 1 unspecified atom stereocenters. The van der Waals surface area contributed by atoms with Gasteiger partial charge < -0.3 is 19.7 Å². The van der Waals surface area contributed by atoms with Gasteiger partial charge in [0.05, 0.1) is 12.3 Å². The second-order valence-corrected chi connectivity index (χ2v) is 5.85. The highest BCUT2D eigenvalue weighted by atomic mass is 32.1. The molecule has 3 rings (SSSR count). The van der Waals surface area contributed by atoms with E-state index in [-0.39, 0.29) is 19.1 Å². The zero-order valence-electron chi connectivity index (χ0n) is 10.9. The smallest absolute Gasteiger partial charge is 0.263 e. The molecule has 2 N–H and O–H groups in total. The third-order valence-corrected chi connectivity index (χ3v) is 4.30. The number of carbonyl (C=O) groups excluding carboxylic acids is 1. The van der Waals surface area contributed by atoms with Crippen LogP contribution in [-0.2, 0) is 4.74 Å². The molecule has 2 aromatic heterocycles. The summed E-state index contributed by atoms with van der Waals surface area (Å²) >= 11 is 1.39. The van der Waals surface area contributed by atoms with E-state index in [9.17, 15) is 9.90 Å². The van der Waals surface area contributed by atoms with Gasteiger partial charge in [-0.15, -0.1) is 11.3 Å². The number of carbonyl (C=O) groups is 1. The Bertz CT molecular complexity index is 585. The number of hydrogen-bond acceptors (Lipinski definition) is 4. The van der Waals surface area contributed by atoms with Crippen LogP contribution in [-0.4, -0.2) is 40.9 Å². The lowest BCUT2D eigenvalue weighted by molar-refractivity contribution is 0.0265. The van der Waals surface area contributed by atoms with E-state index in [4.69, 9.17) is 4.74 Å². The van der Waals surface area contributed by atoms with Gasteiger partial charge in [-0.05, 0) is 23.6 Å². The van der Waals surface area contributed by atoms with Crippen LogP contribution < -0.4 is 5.32 Å². The van der Waals surface area contributed by atoms with Crippen LogP contribution in [0.4, 0.5) is 0 Å². The maximum atomic E-state index is 12.3. The molecule has 0 bridgehead atoms. The summed E-state index contributed by atoms with van der Waals surface area (Å²) in [5.41, 5.74) is -0.0762. The molecule has 1 fully saturated rings. The highest BCUT2D eigenvalue weighted by Crippen LogP contribution is 2.22. The lowest BCUT2D eigenvalue weighted by Crippen LogP contribution is -2.43. The molecule has 1 amide bonds. The number of aliphatic hydroxyl groups is 1. The largest absolute Gasteiger partial charge is 0.386 e. The highest BCUT2D eigenvalue weighted by Gasteiger charge is 2.32. The summed E-state index contributed by atoms with van der Waals surface area (Å²) in [6.07, 6.45) is 4.36. The van der Waals surface area contributed by atoms with Crippen molar-refractivity contribution in [1.82, 2.24) is 9.88 Å². The minimum absolute atomic E-state index is 0.163. The molecule has 2 aromatic rings. The summed E-state index contributed by atoms with van der Waals surface area (Å²) in [6.45, 7) is 1.04. The zero-order chi connectivity index (χ0) is 14.0. The molecule has 0 aromatic carbocycles. The molecule has 0 aliphatic carbocycles. The number of amides is 1. The van der Waals surface area contributed by atoms with Crippen LogP contribution in [0.3, 0.4) is 0 Å². The maximum absolute atomic E-state index is 12.3. The van der Waals surface area contributed by atoms with E-state index in [1.807, 2.05) is 40.5 Å². The van der Waals surface area contributed by atoms with E-state index in [0.29, 0.717) is 17.9 Å². The van der Waals surface area contributed by atoms with E-state index in [1.165, 1.54) is 11.3 Å². The fourth-order valence-electron chi connectivity index (χ4n) is 2.23. The number of nitrogens with zero attached hydrogens (tertiary/aromatic N) is 1. The molecule has 3 heterocycles. The second-order valence-electron chi connectivity index (χ2n) is 4.93. The van der Waals surface area contributed by atoms with Crippen molar-refractivity contribution < 1.29 is 14.6 Å². The van der Waals surface area contributed by atoms with Gasteiger partial charge in [0.2, 0.25) is 0 Å². The molecule has 20 heavy (non-hydrogen) atoms. The van der Waals surface area contributed by atoms with Crippen LogP contribution in [0.2, 0.25) is 0 Å². The first-order valence-corrected chi connectivity index (χ1v) is 7.35. The summed E-state index contributed by atoms with van der Waals surface area (Å²) in [5, 5.41) is 14.8. The normalized spacial score (nSPS) is 22.1. The molecule has 1 saturated heterocycles. The van der Waals surface area contributed by atoms with Crippen molar-refractivity contribution in [2.75, 3.05) is 19.8 Å². The van der Waals surface area contributed by atoms with Crippen LogP contribution in [0, 0.1) is 0 Å². The molecular weight excluding hydrogens is 276 g/mol. The van der Waals surface area contributed by atoms with Crippen molar-refractivity contribution in [3.05, 3.63) is 40.8 Å². The van der Waals surface area contributed by atoms with Crippen molar-refractivity contribution in [1.29, 1.82) is 0 Å². The summed E-state index contributed by atoms with van der Waals surface area (Å²) < 4.78 is 7.06. The SMILES string of the molecule is O=C(NCC1(O)CCOC1)c1sccc1-n1cccc1. The van der Waals surface area contributed by atoms with Crippen LogP contribution >= 0.6 is 11.3 Å². The second kappa shape index (κ2) is 5.40. The molecule has 0 saturated carbocycles. The van der Waals surface area contributed by atoms with Crippen molar-refractivity contribution in [3.63, 3.8) is 0 Å². The van der Waals surface area contributed by atoms with Gasteiger partial charge in [0.1, 0.15) is 10.5 Å². The molecule has 1 aliphatic rings. The third kappa shape index (κ3) is 2.63. The van der Waals surface area contributed by atoms with Gasteiger partial charge in [-0.1, -0.05) is 0 Å². The Labute approximate surface area is 120 Å². The van der Waals surface area contributed by atoms with Gasteiger partial charge in [-0.3, -0.25) is 4.79 Å². The van der Waals surface area contributed by atoms with Gasteiger partial charge in [0, 0.05) is 32.0 Å². The average molecular weight is 292 g/mol. The lowest BCUT2D eigenvalue weighted by Gasteiger charge is -2.20. The number of hydrogen-bond donors (Lipinski definition) is 2. The molecule has 1 aliphatic heterocycles. The molecule has 106 valence electrons. The highest BCUT2D eigenvalue weighted by molar-refractivity contribution is 7.12. The molecule has 1 atom stereocenters. The van der Waals surface area contributed by atoms with Gasteiger partial charge in [-0.2, -0.15) is 0 Å². The zero-order valence-corrected chi connectivity index (χ0v) is 11.7. The fraction of sp³-hybridized carbons (Fsp3) is 0.357. The Morgan fingerprint density at radius 1 is 1.50 bits per heavy atom. The minimum Gasteiger partial charge on any atom is -0.386 e. The third-order valence-electron chi connectivity index (χ3n) is 3.39. The molecule has 0 spiro atoms. The maximum Gasteiger partial charge on any atom is 0.263 e. The standard InChI is InChI=1S/C14H16N2O3S/c17-13(15-9-14(18)4-7-19-10-14)12-11(3-8-20-12)16-5-1-2-6-16/h1-3,5-6,8,18H,4,7,9-10H2,(H,15,17). The Hall–Kier alpha value is -1.63. The van der Waals surface area contributed by atoms with Crippen LogP contribution in [0.15, 0.2) is 36.0 Å². The van der Waals surface area contributed by atoms with Gasteiger partial charge >= 0.3 is 0 Å². The van der Waals surface area contributed by atoms with Gasteiger partial charge in [-0.25, -0.2) is 0 Å². The summed E-state index contributed by atoms with van der Waals surface area (Å²) in [5.74, 6) is -0.163. The van der Waals surface area contributed by atoms with Crippen molar-refractivity contribution >= 4 is 17.2 Å². The van der Waals surface area contributed by atoms with Crippen LogP contribution in [0.25, 0.3) is 5.69 Å². The molecule has 0 radical (unpaired) electrons. The van der Waals surface area contributed by atoms with E-state index in [0.717, 1.165) is 5.69 Å². The number of aromatic nitrogens is 1. The quantitative estimate of drug-likeness (QED) is 0.896. The Balaban J connectivity index is 1.70. The van der Waals surface area contributed by atoms with Crippen molar-refractivity contribution in [2.24, 2.45) is 0 Å². The van der Waals surface area contributed by atoms with Gasteiger partial charge in [0.25, 0.3) is 5.91 Å². The molecule has 5 nitrogen and oxygen atoms in total.